The Bertz CT molecular complexity index is 7790. The molecule has 7 aromatic heterocycles. The number of hydrogen-bond acceptors (Lipinski definition) is 22. The molecule has 0 bridgehead atoms. The van der Waals surface area contributed by atoms with E-state index in [2.05, 4.69) is 79.6 Å². The van der Waals surface area contributed by atoms with E-state index in [0.29, 0.717) is 116 Å². The van der Waals surface area contributed by atoms with Crippen LogP contribution < -0.4 is 25.7 Å². The topological polar surface area (TPSA) is 377 Å². The molecule has 4 aliphatic rings. The fraction of sp³-hybridized carbons (Fsp3) is 0.288. The van der Waals surface area contributed by atoms with E-state index in [1.807, 2.05) is 120 Å². The maximum absolute atomic E-state index is 15.5. The SMILES string of the molecule is CCN(C)S(=O)(=O)Cc1ccc(F)c(C(=O)c2c[nH]c3ncc(-c4cnc(C5CC5)nc4)cc23)c1F.COC(=O)C[C@@H](C)CNc1nccc(-c2cn(C(C)C)nc2-c2cc(Cl)cc(CS(C)(=O)=O)c2F)n1.Cc1ccc(CC(=O)c2cccc(C(C)(C)C#N)c2)cc1Cc1ccc2ncn(C)c(=O)c2c1.O=C1CCc2c(cccc2Oc2ccc3c(c2)[C@H]2[C@@H](O3)[C@@H]2c2nc3ccc(C(F)(F)F)cc3[nH]2)N1. The van der Waals surface area contributed by atoms with E-state index in [1.165, 1.54) is 49.4 Å². The summed E-state index contributed by atoms with van der Waals surface area (Å²) < 4.78 is 155. The fourth-order valence-corrected chi connectivity index (χ4v) is 19.0. The number of sulfone groups is 1. The van der Waals surface area contributed by atoms with Gasteiger partial charge in [0.15, 0.2) is 15.6 Å². The third-order valence-corrected chi connectivity index (χ3v) is 27.9. The standard InChI is InChI=1S/C29H27N3O2.C26H18F3N3O3.C25H23F2N5O3S.C24H29ClFN5O4S/c1-19-8-9-21(15-27(33)22-6-5-7-24(16-22)29(2,3)17-30)13-23(19)12-20-10-11-26-25(14-20)28(34)32(4)18-31-26;27-26(28,29)12-4-7-17-18(10-12)32-25(31-17)23-22-15-11-13(5-8-20(15)35-24(22)23)34-19-3-1-2-16-14(19)6-9-21(33)30-16;1-3-32(2)36(34,35)13-15-6-7-20(26)21(22(15)27)23(33)19-12-31-25-18(19)8-16(9-30-25)17-10-28-24(29-11-17)14-4-5-14;1-14(2)31-12-19(20-6-7-27-24(29-20)28-11-15(3)8-21(32)35-4)23(30-31)18-10-17(25)9-16(22(18)26)13-36(5,33)34/h5-11,13-14,16,18H,12,15H2,1-4H3;1-5,7-8,10-11,22-24H,6,9H2,(H,30,33)(H,31,32);6-12,14H,3-5,13H2,1-2H3,(H,30,31);6-7,9-10,12,14-15H,8,11,13H2,1-5H3,(H,27,28,29)/t;22-,23-,24-;;15-/m.1.1/s1. The number of carbonyl (C=O) groups is 4. The number of alkyl halides is 3. The molecule has 2 fully saturated rings. The first kappa shape index (κ1) is 99.3. The van der Waals surface area contributed by atoms with Gasteiger partial charge in [0.1, 0.15) is 63.8 Å². The molecular formula is C104H97ClF6N16O12S2. The van der Waals surface area contributed by atoms with Crippen LogP contribution in [-0.2, 0) is 83.6 Å². The van der Waals surface area contributed by atoms with Crippen molar-refractivity contribution in [2.45, 2.75) is 146 Å². The van der Waals surface area contributed by atoms with Crippen molar-refractivity contribution >= 4 is 99.5 Å². The summed E-state index contributed by atoms with van der Waals surface area (Å²) in [5.74, 6) is -1.10. The number of pyridine rings is 1. The predicted octanol–water partition coefficient (Wildman–Crippen LogP) is 19.7. The Morgan fingerprint density at radius 3 is 2.25 bits per heavy atom. The molecule has 2 aliphatic heterocycles. The molecule has 4 atom stereocenters. The molecular weight excluding hydrogens is 1880 g/mol. The summed E-state index contributed by atoms with van der Waals surface area (Å²) in [6, 6.07) is 44.3. The average molecular weight is 1980 g/mol. The molecule has 19 rings (SSSR count). The van der Waals surface area contributed by atoms with Crippen molar-refractivity contribution < 1.29 is 76.6 Å². The number of nitriles is 1. The third kappa shape index (κ3) is 22.5. The molecule has 141 heavy (non-hydrogen) atoms. The van der Waals surface area contributed by atoms with Gasteiger partial charge in [-0.2, -0.15) is 23.5 Å². The van der Waals surface area contributed by atoms with Crippen LogP contribution in [-0.4, -0.2) is 143 Å². The van der Waals surface area contributed by atoms with Crippen LogP contribution >= 0.6 is 11.6 Å². The number of H-pyrrole nitrogens is 2. The minimum absolute atomic E-state index is 0.00429. The van der Waals surface area contributed by atoms with Crippen molar-refractivity contribution in [3.05, 3.63) is 312 Å². The largest absolute Gasteiger partial charge is 0.489 e. The van der Waals surface area contributed by atoms with Gasteiger partial charge in [-0.1, -0.05) is 80.0 Å². The Labute approximate surface area is 812 Å². The summed E-state index contributed by atoms with van der Waals surface area (Å²) in [5.41, 5.74) is 10.5. The van der Waals surface area contributed by atoms with Gasteiger partial charge >= 0.3 is 12.1 Å². The molecule has 15 aromatic rings. The number of amides is 1. The molecule has 726 valence electrons. The maximum atomic E-state index is 15.5. The first-order valence-electron chi connectivity index (χ1n) is 45.3. The highest BCUT2D eigenvalue weighted by Gasteiger charge is 2.61. The molecule has 1 amide bonds. The Balaban J connectivity index is 0.000000135. The van der Waals surface area contributed by atoms with E-state index < -0.39 is 77.3 Å². The van der Waals surface area contributed by atoms with E-state index in [9.17, 15) is 63.6 Å². The number of benzene rings is 8. The molecule has 0 spiro atoms. The highest BCUT2D eigenvalue weighted by atomic mass is 35.5. The van der Waals surface area contributed by atoms with Crippen LogP contribution in [0.2, 0.25) is 5.02 Å². The predicted molar refractivity (Wildman–Crippen MR) is 522 cm³/mol. The molecule has 8 aromatic carbocycles. The molecule has 4 N–H and O–H groups in total. The number of methoxy groups -OCH3 is 1. The van der Waals surface area contributed by atoms with Crippen LogP contribution in [0, 0.1) is 41.6 Å². The first-order valence-corrected chi connectivity index (χ1v) is 49.3. The van der Waals surface area contributed by atoms with Crippen molar-refractivity contribution in [2.24, 2.45) is 13.0 Å². The quantitative estimate of drug-likeness (QED) is 0.0211. The van der Waals surface area contributed by atoms with Crippen molar-refractivity contribution in [3.8, 4) is 57.0 Å². The first-order chi connectivity index (χ1) is 67.1. The van der Waals surface area contributed by atoms with E-state index in [4.69, 9.17) is 25.8 Å². The average Bonchev–Trinajstić information content (AvgIpc) is 1.53. The maximum Gasteiger partial charge on any atom is 0.416 e. The normalized spacial score (nSPS) is 15.0. The second-order valence-corrected chi connectivity index (χ2v) is 41.0. The summed E-state index contributed by atoms with van der Waals surface area (Å²) in [7, 11) is -2.93. The number of nitrogens with one attached hydrogen (secondary N) is 4. The van der Waals surface area contributed by atoms with Crippen LogP contribution in [0.15, 0.2) is 200 Å². The van der Waals surface area contributed by atoms with E-state index in [1.54, 1.807) is 67.8 Å². The number of carbonyl (C=O) groups excluding carboxylic acids is 4. The minimum atomic E-state index is -4.41. The van der Waals surface area contributed by atoms with Crippen LogP contribution in [0.4, 0.5) is 38.0 Å². The summed E-state index contributed by atoms with van der Waals surface area (Å²) in [5, 5.41) is 21.1. The third-order valence-electron chi connectivity index (χ3n) is 25.0. The summed E-state index contributed by atoms with van der Waals surface area (Å²) in [6.45, 7) is 13.8. The van der Waals surface area contributed by atoms with Crippen molar-refractivity contribution in [1.29, 1.82) is 5.26 Å². The molecule has 0 unspecified atom stereocenters. The second-order valence-electron chi connectivity index (χ2n) is 36.3. The number of aromatic amines is 2. The highest BCUT2D eigenvalue weighted by Crippen LogP contribution is 2.63. The summed E-state index contributed by atoms with van der Waals surface area (Å²) >= 11 is 6.25. The van der Waals surface area contributed by atoms with Crippen LogP contribution in [0.1, 0.15) is 185 Å². The van der Waals surface area contributed by atoms with Gasteiger partial charge in [0, 0.05) is 179 Å². The molecule has 2 aliphatic carbocycles. The Hall–Kier alpha value is -14.7. The molecule has 2 saturated carbocycles. The van der Waals surface area contributed by atoms with Gasteiger partial charge in [0.25, 0.3) is 5.56 Å². The number of halogens is 7. The number of imidazole rings is 1. The Morgan fingerprint density at radius 1 is 0.766 bits per heavy atom. The lowest BCUT2D eigenvalue weighted by Gasteiger charge is -2.20. The zero-order valence-corrected chi connectivity index (χ0v) is 80.8. The molecule has 28 nitrogen and oxygen atoms in total. The Kier molecular flexibility index (Phi) is 28.6. The van der Waals surface area contributed by atoms with Crippen molar-refractivity contribution in [1.82, 2.24) is 63.5 Å². The van der Waals surface area contributed by atoms with Gasteiger partial charge in [-0.05, 0) is 191 Å². The number of hydrogen-bond donors (Lipinski definition) is 4. The zero-order valence-electron chi connectivity index (χ0n) is 78.4. The number of aromatic nitrogens is 12. The summed E-state index contributed by atoms with van der Waals surface area (Å²) in [6.07, 6.45) is 12.1. The number of ether oxygens (including phenoxy) is 3. The van der Waals surface area contributed by atoms with Crippen LogP contribution in [0.5, 0.6) is 17.2 Å². The molecule has 9 heterocycles. The number of sulfonamides is 1. The molecule has 37 heteroatoms. The highest BCUT2D eigenvalue weighted by molar-refractivity contribution is 7.89. The number of rotatable bonds is 27. The number of esters is 1. The number of aryl methyl sites for hydroxylation is 2. The van der Waals surface area contributed by atoms with E-state index in [-0.39, 0.29) is 105 Å². The lowest BCUT2D eigenvalue weighted by Crippen LogP contribution is -2.28. The Morgan fingerprint density at radius 2 is 1.52 bits per heavy atom. The van der Waals surface area contributed by atoms with Crippen molar-refractivity contribution in [3.63, 3.8) is 0 Å². The minimum Gasteiger partial charge on any atom is -0.489 e. The molecule has 0 saturated heterocycles. The van der Waals surface area contributed by atoms with Crippen LogP contribution in [0.3, 0.4) is 0 Å². The van der Waals surface area contributed by atoms with Gasteiger partial charge in [-0.25, -0.2) is 69.2 Å². The van der Waals surface area contributed by atoms with Gasteiger partial charge in [0.05, 0.1) is 81.1 Å². The number of fused-ring (bicyclic) bond motifs is 7. The smallest absolute Gasteiger partial charge is 0.416 e. The molecule has 0 radical (unpaired) electrons. The van der Waals surface area contributed by atoms with Gasteiger partial charge < -0.3 is 39.4 Å². The fourth-order valence-electron chi connectivity index (χ4n) is 16.7. The summed E-state index contributed by atoms with van der Waals surface area (Å²) in [4.78, 5) is 98.7. The zero-order chi connectivity index (χ0) is 101. The monoisotopic (exact) mass is 1970 g/mol. The number of anilines is 2. The van der Waals surface area contributed by atoms with Crippen molar-refractivity contribution in [2.75, 3.05) is 44.1 Å². The lowest BCUT2D eigenvalue weighted by atomic mass is 9.85. The van der Waals surface area contributed by atoms with Gasteiger partial charge in [0.2, 0.25) is 27.7 Å². The number of ketones is 2. The number of nitrogens with zero attached hydrogens (tertiary/aromatic N) is 12. The van der Waals surface area contributed by atoms with Gasteiger partial charge in [-0.3, -0.25) is 28.7 Å². The number of Topliss-reactive ketones (excluding diaryl/α,β-unsaturated/α-hetero) is 1. The van der Waals surface area contributed by atoms with Crippen LogP contribution in [0.25, 0.3) is 66.6 Å². The van der Waals surface area contributed by atoms with E-state index >= 15 is 8.78 Å². The lowest BCUT2D eigenvalue weighted by molar-refractivity contribution is -0.141. The second kappa shape index (κ2) is 40.6. The van der Waals surface area contributed by atoms with Gasteiger partial charge in [-0.15, -0.1) is 0 Å². The van der Waals surface area contributed by atoms with E-state index in [0.717, 1.165) is 104 Å².